The van der Waals surface area contributed by atoms with Gasteiger partial charge in [0.1, 0.15) is 11.9 Å². The Bertz CT molecular complexity index is 653. The molecule has 7 nitrogen and oxygen atoms in total. The summed E-state index contributed by atoms with van der Waals surface area (Å²) in [5, 5.41) is 0. The summed E-state index contributed by atoms with van der Waals surface area (Å²) in [7, 11) is 3.99. The molecule has 1 aliphatic rings. The Kier molecular flexibility index (Phi) is 4.29. The number of rotatable bonds is 3. The number of hydrogen-bond donors (Lipinski definition) is 1. The molecule has 7 heteroatoms. The molecule has 0 bridgehead atoms. The fourth-order valence-electron chi connectivity index (χ4n) is 2.63. The number of nitrogen functional groups attached to an aromatic ring is 1. The maximum atomic E-state index is 5.88. The quantitative estimate of drug-likeness (QED) is 0.917. The monoisotopic (exact) mass is 314 g/mol. The Morgan fingerprint density at radius 1 is 1.30 bits per heavy atom. The minimum atomic E-state index is -0.0727. The van der Waals surface area contributed by atoms with E-state index >= 15 is 0 Å². The van der Waals surface area contributed by atoms with E-state index in [0.717, 1.165) is 29.4 Å². The van der Waals surface area contributed by atoms with Crippen LogP contribution in [0.5, 0.6) is 0 Å². The first-order valence-corrected chi connectivity index (χ1v) is 7.64. The minimum absolute atomic E-state index is 0.0727. The van der Waals surface area contributed by atoms with Gasteiger partial charge in [0.25, 0.3) is 0 Å². The average Bonchev–Trinajstić information content (AvgIpc) is 2.54. The zero-order valence-electron chi connectivity index (χ0n) is 13.7. The molecule has 2 aromatic heterocycles. The molecule has 0 spiro atoms. The first-order chi connectivity index (χ1) is 11.0. The Morgan fingerprint density at radius 2 is 2.13 bits per heavy atom. The molecule has 1 aliphatic heterocycles. The van der Waals surface area contributed by atoms with Crippen LogP contribution in [-0.2, 0) is 4.74 Å². The van der Waals surface area contributed by atoms with E-state index in [1.807, 2.05) is 44.2 Å². The van der Waals surface area contributed by atoms with E-state index in [2.05, 4.69) is 25.9 Å². The minimum Gasteiger partial charge on any atom is -0.376 e. The number of hydrogen-bond acceptors (Lipinski definition) is 7. The Labute approximate surface area is 136 Å². The Morgan fingerprint density at radius 3 is 2.78 bits per heavy atom. The molecule has 2 aromatic rings. The number of pyridine rings is 1. The molecule has 1 saturated heterocycles. The van der Waals surface area contributed by atoms with Gasteiger partial charge in [0, 0.05) is 32.4 Å². The highest BCUT2D eigenvalue weighted by atomic mass is 16.5. The number of aromatic nitrogens is 3. The molecule has 3 heterocycles. The van der Waals surface area contributed by atoms with Crippen molar-refractivity contribution in [1.82, 2.24) is 15.0 Å². The molecule has 0 aromatic carbocycles. The van der Waals surface area contributed by atoms with Crippen molar-refractivity contribution < 1.29 is 4.74 Å². The van der Waals surface area contributed by atoms with Crippen molar-refractivity contribution in [2.75, 3.05) is 49.3 Å². The third-order valence-electron chi connectivity index (χ3n) is 3.87. The molecule has 0 aliphatic carbocycles. The van der Waals surface area contributed by atoms with Crippen LogP contribution in [0.15, 0.2) is 24.4 Å². The summed E-state index contributed by atoms with van der Waals surface area (Å²) in [6.45, 7) is 4.03. The van der Waals surface area contributed by atoms with Crippen LogP contribution >= 0.6 is 0 Å². The summed E-state index contributed by atoms with van der Waals surface area (Å²) in [4.78, 5) is 17.2. The maximum Gasteiger partial charge on any atom is 0.222 e. The third kappa shape index (κ3) is 3.50. The predicted octanol–water partition coefficient (Wildman–Crippen LogP) is 1.41. The fraction of sp³-hybridized carbons (Fsp3) is 0.438. The van der Waals surface area contributed by atoms with Crippen LogP contribution in [-0.4, -0.2) is 48.7 Å². The maximum absolute atomic E-state index is 5.88. The molecule has 0 unspecified atom stereocenters. The first kappa shape index (κ1) is 15.5. The van der Waals surface area contributed by atoms with Crippen molar-refractivity contribution in [1.29, 1.82) is 0 Å². The Hall–Kier alpha value is -2.41. The number of aryl methyl sites for hydroxylation is 1. The van der Waals surface area contributed by atoms with Crippen molar-refractivity contribution in [3.8, 4) is 0 Å². The van der Waals surface area contributed by atoms with E-state index in [1.54, 1.807) is 0 Å². The number of morpholine rings is 1. The number of nitrogens with zero attached hydrogens (tertiary/aromatic N) is 5. The van der Waals surface area contributed by atoms with Crippen molar-refractivity contribution >= 4 is 17.5 Å². The highest BCUT2D eigenvalue weighted by Gasteiger charge is 2.24. The standard InChI is InChI=1S/C16H22N6O/c1-11-8-15(20-16(17)19-11)22-6-7-23-14(10-22)13-5-4-12(9-18-13)21(2)3/h4-5,8-9,14H,6-7,10H2,1-3H3,(H2,17,19,20)/t14-/m0/s1. The summed E-state index contributed by atoms with van der Waals surface area (Å²) in [5.74, 6) is 1.14. The second-order valence-electron chi connectivity index (χ2n) is 5.87. The van der Waals surface area contributed by atoms with Gasteiger partial charge in [-0.15, -0.1) is 0 Å². The van der Waals surface area contributed by atoms with E-state index < -0.39 is 0 Å². The molecule has 0 saturated carbocycles. The van der Waals surface area contributed by atoms with Crippen LogP contribution in [0.4, 0.5) is 17.5 Å². The molecule has 3 rings (SSSR count). The van der Waals surface area contributed by atoms with E-state index in [0.29, 0.717) is 19.1 Å². The molecule has 1 fully saturated rings. The molecule has 23 heavy (non-hydrogen) atoms. The summed E-state index contributed by atoms with van der Waals surface area (Å²) in [5.41, 5.74) is 8.62. The number of ether oxygens (including phenoxy) is 1. The van der Waals surface area contributed by atoms with Gasteiger partial charge >= 0.3 is 0 Å². The van der Waals surface area contributed by atoms with E-state index in [4.69, 9.17) is 10.5 Å². The fourth-order valence-corrected chi connectivity index (χ4v) is 2.63. The van der Waals surface area contributed by atoms with E-state index in [9.17, 15) is 0 Å². The molecular formula is C16H22N6O. The van der Waals surface area contributed by atoms with Gasteiger partial charge in [0.2, 0.25) is 5.95 Å². The number of nitrogens with two attached hydrogens (primary N) is 1. The third-order valence-corrected chi connectivity index (χ3v) is 3.87. The second kappa shape index (κ2) is 6.37. The SMILES string of the molecule is Cc1cc(N2CCO[C@H](c3ccc(N(C)C)cn3)C2)nc(N)n1. The topological polar surface area (TPSA) is 80.4 Å². The van der Waals surface area contributed by atoms with Gasteiger partial charge in [0.15, 0.2) is 0 Å². The molecule has 2 N–H and O–H groups in total. The largest absolute Gasteiger partial charge is 0.376 e. The average molecular weight is 314 g/mol. The van der Waals surface area contributed by atoms with Crippen LogP contribution < -0.4 is 15.5 Å². The van der Waals surface area contributed by atoms with Crippen LogP contribution in [0.25, 0.3) is 0 Å². The van der Waals surface area contributed by atoms with E-state index in [1.165, 1.54) is 0 Å². The smallest absolute Gasteiger partial charge is 0.222 e. The van der Waals surface area contributed by atoms with Crippen LogP contribution in [0.3, 0.4) is 0 Å². The summed E-state index contributed by atoms with van der Waals surface area (Å²) in [6, 6.07) is 6.02. The van der Waals surface area contributed by atoms with Crippen molar-refractivity contribution in [3.63, 3.8) is 0 Å². The lowest BCUT2D eigenvalue weighted by Crippen LogP contribution is -2.39. The molecule has 0 amide bonds. The van der Waals surface area contributed by atoms with Crippen molar-refractivity contribution in [2.24, 2.45) is 0 Å². The molecule has 1 atom stereocenters. The first-order valence-electron chi connectivity index (χ1n) is 7.64. The van der Waals surface area contributed by atoms with Crippen molar-refractivity contribution in [3.05, 3.63) is 35.8 Å². The van der Waals surface area contributed by atoms with Gasteiger partial charge in [-0.2, -0.15) is 4.98 Å². The summed E-state index contributed by atoms with van der Waals surface area (Å²) < 4.78 is 5.88. The zero-order chi connectivity index (χ0) is 16.4. The van der Waals surface area contributed by atoms with E-state index in [-0.39, 0.29) is 6.10 Å². The summed E-state index contributed by atoms with van der Waals surface area (Å²) >= 11 is 0. The van der Waals surface area contributed by atoms with Crippen LogP contribution in [0.1, 0.15) is 17.5 Å². The van der Waals surface area contributed by atoms with Gasteiger partial charge in [0.05, 0.1) is 30.7 Å². The molecule has 122 valence electrons. The molecule has 0 radical (unpaired) electrons. The predicted molar refractivity (Wildman–Crippen MR) is 90.7 cm³/mol. The highest BCUT2D eigenvalue weighted by Crippen LogP contribution is 2.25. The lowest BCUT2D eigenvalue weighted by Gasteiger charge is -2.33. The van der Waals surface area contributed by atoms with Crippen LogP contribution in [0, 0.1) is 6.92 Å². The zero-order valence-corrected chi connectivity index (χ0v) is 13.7. The lowest BCUT2D eigenvalue weighted by molar-refractivity contribution is 0.0368. The van der Waals surface area contributed by atoms with Crippen molar-refractivity contribution in [2.45, 2.75) is 13.0 Å². The number of anilines is 3. The lowest BCUT2D eigenvalue weighted by atomic mass is 10.1. The van der Waals surface area contributed by atoms with Crippen LogP contribution in [0.2, 0.25) is 0 Å². The van der Waals surface area contributed by atoms with Gasteiger partial charge < -0.3 is 20.3 Å². The second-order valence-corrected chi connectivity index (χ2v) is 5.87. The Balaban J connectivity index is 1.77. The summed E-state index contributed by atoms with van der Waals surface area (Å²) in [6.07, 6.45) is 1.79. The van der Waals surface area contributed by atoms with Gasteiger partial charge in [-0.1, -0.05) is 0 Å². The van der Waals surface area contributed by atoms with Gasteiger partial charge in [-0.25, -0.2) is 4.98 Å². The normalized spacial score (nSPS) is 18.0. The van der Waals surface area contributed by atoms with Gasteiger partial charge in [-0.05, 0) is 19.1 Å². The molecular weight excluding hydrogens is 292 g/mol. The highest BCUT2D eigenvalue weighted by molar-refractivity contribution is 5.45. The van der Waals surface area contributed by atoms with Gasteiger partial charge in [-0.3, -0.25) is 4.98 Å².